The average molecular weight is 262 g/mol. The minimum atomic E-state index is -0.565. The Bertz CT molecular complexity index is 351. The van der Waals surface area contributed by atoms with Crippen molar-refractivity contribution in [1.82, 2.24) is 0 Å². The number of alkyl halides is 2. The number of anilines is 1. The van der Waals surface area contributed by atoms with Gasteiger partial charge in [0, 0.05) is 31.4 Å². The number of halogens is 2. The molecule has 0 bridgehead atoms. The lowest BCUT2D eigenvalue weighted by atomic mass is 10.2. The summed E-state index contributed by atoms with van der Waals surface area (Å²) in [4.78, 5) is 1.44. The fraction of sp³-hybridized carbons (Fsp3) is 0.500. The lowest BCUT2D eigenvalue weighted by Crippen LogP contribution is -2.11. The predicted molar refractivity (Wildman–Crippen MR) is 71.0 cm³/mol. The molecule has 0 heterocycles. The number of nitrogens with zero attached hydrogens (tertiary/aromatic N) is 1. The summed E-state index contributed by atoms with van der Waals surface area (Å²) >= 11 is 11.8. The van der Waals surface area contributed by atoms with E-state index in [9.17, 15) is 0 Å². The minimum absolute atomic E-state index is 0.100. The Hall–Kier alpha value is -0.600. The first kappa shape index (κ1) is 13.5. The monoisotopic (exact) mass is 261 g/mol. The van der Waals surface area contributed by atoms with Crippen molar-refractivity contribution in [3.05, 3.63) is 23.8 Å². The van der Waals surface area contributed by atoms with Gasteiger partial charge in [0.15, 0.2) is 0 Å². The maximum atomic E-state index is 5.90. The lowest BCUT2D eigenvalue weighted by molar-refractivity contribution is 0.240. The number of hydrogen-bond acceptors (Lipinski definition) is 2. The summed E-state index contributed by atoms with van der Waals surface area (Å²) in [7, 11) is 3.96. The first-order valence-corrected chi connectivity index (χ1v) is 6.05. The smallest absolute Gasteiger partial charge is 0.136 e. The predicted octanol–water partition coefficient (Wildman–Crippen LogP) is 4.02. The number of benzene rings is 1. The van der Waals surface area contributed by atoms with Gasteiger partial charge in [-0.05, 0) is 19.9 Å². The van der Waals surface area contributed by atoms with Gasteiger partial charge in [-0.3, -0.25) is 0 Å². The van der Waals surface area contributed by atoms with Crippen molar-refractivity contribution in [3.8, 4) is 5.75 Å². The van der Waals surface area contributed by atoms with Crippen molar-refractivity contribution in [2.45, 2.75) is 24.8 Å². The van der Waals surface area contributed by atoms with Gasteiger partial charge in [0.25, 0.3) is 0 Å². The summed E-state index contributed by atoms with van der Waals surface area (Å²) < 4.78 is 5.70. The summed E-state index contributed by atoms with van der Waals surface area (Å²) in [5.41, 5.74) is 1.87. The first-order chi connectivity index (χ1) is 7.41. The Morgan fingerprint density at radius 2 is 1.81 bits per heavy atom. The van der Waals surface area contributed by atoms with E-state index in [1.807, 2.05) is 51.0 Å². The van der Waals surface area contributed by atoms with Crippen LogP contribution in [0.25, 0.3) is 0 Å². The average Bonchev–Trinajstić information content (AvgIpc) is 2.15. The molecular weight excluding hydrogens is 245 g/mol. The van der Waals surface area contributed by atoms with E-state index in [0.717, 1.165) is 17.0 Å². The van der Waals surface area contributed by atoms with Crippen LogP contribution in [0, 0.1) is 0 Å². The van der Waals surface area contributed by atoms with Crippen LogP contribution in [0.2, 0.25) is 0 Å². The summed E-state index contributed by atoms with van der Waals surface area (Å²) in [6, 6.07) is 5.82. The molecule has 0 N–H and O–H groups in total. The summed E-state index contributed by atoms with van der Waals surface area (Å²) in [5.74, 6) is 0.746. The molecule has 0 amide bonds. The standard InChI is InChI=1S/C12H17Cl2NO/c1-8(2)16-11-7-9(15(3)4)5-6-10(11)12(13)14/h5-8,12H,1-4H3. The van der Waals surface area contributed by atoms with Crippen molar-refractivity contribution >= 4 is 28.9 Å². The van der Waals surface area contributed by atoms with Crippen molar-refractivity contribution < 1.29 is 4.74 Å². The van der Waals surface area contributed by atoms with E-state index >= 15 is 0 Å². The molecule has 16 heavy (non-hydrogen) atoms. The molecule has 2 nitrogen and oxygen atoms in total. The second kappa shape index (κ2) is 5.65. The van der Waals surface area contributed by atoms with Crippen LogP contribution in [0.3, 0.4) is 0 Å². The van der Waals surface area contributed by atoms with E-state index in [4.69, 9.17) is 27.9 Å². The highest BCUT2D eigenvalue weighted by atomic mass is 35.5. The molecule has 0 radical (unpaired) electrons. The summed E-state index contributed by atoms with van der Waals surface area (Å²) in [6.45, 7) is 3.95. The third kappa shape index (κ3) is 3.46. The van der Waals surface area contributed by atoms with Crippen LogP contribution >= 0.6 is 23.2 Å². The number of hydrogen-bond donors (Lipinski definition) is 0. The second-order valence-electron chi connectivity index (χ2n) is 4.08. The maximum absolute atomic E-state index is 5.90. The molecular formula is C12H17Cl2NO. The van der Waals surface area contributed by atoms with Gasteiger partial charge < -0.3 is 9.64 Å². The van der Waals surface area contributed by atoms with E-state index in [0.29, 0.717) is 0 Å². The highest BCUT2D eigenvalue weighted by molar-refractivity contribution is 6.44. The topological polar surface area (TPSA) is 12.5 Å². The summed E-state index contributed by atoms with van der Waals surface area (Å²) in [5, 5.41) is 0. The Morgan fingerprint density at radius 3 is 2.25 bits per heavy atom. The quantitative estimate of drug-likeness (QED) is 0.760. The van der Waals surface area contributed by atoms with Crippen molar-refractivity contribution in [2.24, 2.45) is 0 Å². The van der Waals surface area contributed by atoms with Gasteiger partial charge in [0.05, 0.1) is 6.10 Å². The highest BCUT2D eigenvalue weighted by Gasteiger charge is 2.13. The fourth-order valence-electron chi connectivity index (χ4n) is 1.34. The van der Waals surface area contributed by atoms with Crippen LogP contribution < -0.4 is 9.64 Å². The van der Waals surface area contributed by atoms with Crippen LogP contribution in [0.5, 0.6) is 5.75 Å². The maximum Gasteiger partial charge on any atom is 0.136 e. The molecule has 0 aromatic heterocycles. The van der Waals surface area contributed by atoms with Gasteiger partial charge in [-0.25, -0.2) is 0 Å². The first-order valence-electron chi connectivity index (χ1n) is 5.18. The normalized spacial score (nSPS) is 11.0. The number of ether oxygens (including phenoxy) is 1. The van der Waals surface area contributed by atoms with Crippen molar-refractivity contribution in [3.63, 3.8) is 0 Å². The Balaban J connectivity index is 3.10. The van der Waals surface area contributed by atoms with Gasteiger partial charge in [0.2, 0.25) is 0 Å². The van der Waals surface area contributed by atoms with E-state index in [1.165, 1.54) is 0 Å². The highest BCUT2D eigenvalue weighted by Crippen LogP contribution is 2.35. The van der Waals surface area contributed by atoms with Gasteiger partial charge in [-0.15, -0.1) is 0 Å². The Labute approximate surface area is 107 Å². The summed E-state index contributed by atoms with van der Waals surface area (Å²) in [6.07, 6.45) is 0.100. The largest absolute Gasteiger partial charge is 0.491 e. The molecule has 0 unspecified atom stereocenters. The van der Waals surface area contributed by atoms with E-state index in [2.05, 4.69) is 0 Å². The Kier molecular flexibility index (Phi) is 4.75. The second-order valence-corrected chi connectivity index (χ2v) is 5.18. The van der Waals surface area contributed by atoms with Gasteiger partial charge in [0.1, 0.15) is 10.6 Å². The minimum Gasteiger partial charge on any atom is -0.491 e. The molecule has 0 saturated heterocycles. The molecule has 0 saturated carbocycles. The lowest BCUT2D eigenvalue weighted by Gasteiger charge is -2.19. The van der Waals surface area contributed by atoms with Gasteiger partial charge >= 0.3 is 0 Å². The van der Waals surface area contributed by atoms with Crippen LogP contribution in [0.15, 0.2) is 18.2 Å². The molecule has 4 heteroatoms. The third-order valence-electron chi connectivity index (χ3n) is 2.11. The third-order valence-corrected chi connectivity index (χ3v) is 2.58. The van der Waals surface area contributed by atoms with Crippen LogP contribution in [-0.4, -0.2) is 20.2 Å². The molecule has 1 aromatic carbocycles. The molecule has 1 aromatic rings. The number of rotatable bonds is 4. The van der Waals surface area contributed by atoms with E-state index in [1.54, 1.807) is 0 Å². The van der Waals surface area contributed by atoms with Crippen LogP contribution in [0.4, 0.5) is 5.69 Å². The van der Waals surface area contributed by atoms with Gasteiger partial charge in [-0.2, -0.15) is 0 Å². The molecule has 0 aliphatic carbocycles. The Morgan fingerprint density at radius 1 is 1.19 bits per heavy atom. The van der Waals surface area contributed by atoms with E-state index < -0.39 is 4.84 Å². The van der Waals surface area contributed by atoms with Gasteiger partial charge in [-0.1, -0.05) is 29.3 Å². The fourth-order valence-corrected chi connectivity index (χ4v) is 1.70. The SMILES string of the molecule is CC(C)Oc1cc(N(C)C)ccc1C(Cl)Cl. The zero-order valence-electron chi connectivity index (χ0n) is 10.00. The molecule has 0 atom stereocenters. The van der Waals surface area contributed by atoms with Crippen molar-refractivity contribution in [1.29, 1.82) is 0 Å². The molecule has 0 spiro atoms. The van der Waals surface area contributed by atoms with Crippen LogP contribution in [-0.2, 0) is 0 Å². The molecule has 0 fully saturated rings. The molecule has 0 aliphatic rings. The van der Waals surface area contributed by atoms with E-state index in [-0.39, 0.29) is 6.10 Å². The van der Waals surface area contributed by atoms with Crippen molar-refractivity contribution in [2.75, 3.05) is 19.0 Å². The molecule has 1 rings (SSSR count). The van der Waals surface area contributed by atoms with Crippen LogP contribution in [0.1, 0.15) is 24.2 Å². The zero-order valence-corrected chi connectivity index (χ0v) is 11.5. The molecule has 90 valence electrons. The zero-order chi connectivity index (χ0) is 12.3. The molecule has 0 aliphatic heterocycles.